The van der Waals surface area contributed by atoms with E-state index in [1.165, 1.54) is 0 Å². The van der Waals surface area contributed by atoms with Gasteiger partial charge in [-0.2, -0.15) is 0 Å². The van der Waals surface area contributed by atoms with Gasteiger partial charge >= 0.3 is 0 Å². The third-order valence-corrected chi connectivity index (χ3v) is 8.37. The maximum atomic E-state index is 7.95. The van der Waals surface area contributed by atoms with E-state index in [-0.39, 0.29) is 30.9 Å². The monoisotopic (exact) mass is 458 g/mol. The second-order valence-corrected chi connectivity index (χ2v) is 10.2. The zero-order chi connectivity index (χ0) is 20.5. The van der Waals surface area contributed by atoms with Gasteiger partial charge in [-0.25, -0.2) is 6.57 Å². The fourth-order valence-corrected chi connectivity index (χ4v) is 7.03. The van der Waals surface area contributed by atoms with E-state index in [2.05, 4.69) is 27.7 Å². The van der Waals surface area contributed by atoms with Gasteiger partial charge in [0.2, 0.25) is 14.1 Å². The normalized spacial score (nSPS) is 39.3. The van der Waals surface area contributed by atoms with Crippen LogP contribution in [0.1, 0.15) is 43.6 Å². The molecule has 0 saturated carbocycles. The largest absolute Gasteiger partial charge is 0.377 e. The number of rotatable bonds is 11. The molecule has 144 valence electrons. The molecule has 8 atom stereocenters. The summed E-state index contributed by atoms with van der Waals surface area (Å²) in [5.74, 6) is 0.295. The van der Waals surface area contributed by atoms with Crippen molar-refractivity contribution in [1.82, 2.24) is 0 Å². The van der Waals surface area contributed by atoms with Crippen molar-refractivity contribution < 1.29 is 22.6 Å². The summed E-state index contributed by atoms with van der Waals surface area (Å²) in [6.45, 7) is 8.54. The molecular weight excluding hydrogens is 425 g/mol. The highest BCUT2D eigenvalue weighted by molar-refractivity contribution is 9.09. The van der Waals surface area contributed by atoms with Crippen molar-refractivity contribution >= 4 is 34.9 Å². The molecule has 5 nitrogen and oxygen atoms in total. The molecule has 2 aliphatic heterocycles. The van der Waals surface area contributed by atoms with Gasteiger partial charge < -0.3 is 23.4 Å². The van der Waals surface area contributed by atoms with Crippen LogP contribution in [0.5, 0.6) is 0 Å². The summed E-state index contributed by atoms with van der Waals surface area (Å²) >= 11 is 5.08. The second kappa shape index (κ2) is 12.1. The zero-order valence-electron chi connectivity index (χ0n) is 17.5. The Labute approximate surface area is 169 Å². The van der Waals surface area contributed by atoms with Crippen LogP contribution in [0.15, 0.2) is 0 Å². The predicted molar refractivity (Wildman–Crippen MR) is 107 cm³/mol. The van der Waals surface area contributed by atoms with Crippen LogP contribution in [0, 0.1) is 12.5 Å². The van der Waals surface area contributed by atoms with E-state index in [1.54, 1.807) is 11.4 Å². The number of hydrogen-bond donors (Lipinski definition) is 0. The van der Waals surface area contributed by atoms with Gasteiger partial charge in [-0.1, -0.05) is 34.2 Å². The van der Waals surface area contributed by atoms with Crippen LogP contribution >= 0.6 is 34.9 Å². The minimum absolute atomic E-state index is 0.0275. The Balaban J connectivity index is 2.05. The molecule has 1 unspecified atom stereocenters. The Morgan fingerprint density at radius 1 is 1.52 bits per heavy atom. The molecule has 0 aliphatic carbocycles. The lowest BCUT2D eigenvalue weighted by Crippen LogP contribution is -2.28. The maximum absolute atomic E-state index is 7.95. The standard InChI is InChI=1S/C17H29BrNO4PS/c1-13-6-10-21-17(13)16(5-4-8-18)25-24(22-12-9-19-3)23-15-7-11-20-14(15)2/h13-17H,4-12H2,1-2H3/t13-,14+,15-,16+,17-,24?/m0/s1/i2D,10T,11T/t10-,11-,13+,14-,15+,16-,17+,24?/m1. The van der Waals surface area contributed by atoms with Gasteiger partial charge in [0, 0.05) is 25.1 Å². The molecule has 0 aromatic rings. The van der Waals surface area contributed by atoms with E-state index in [4.69, 9.17) is 29.2 Å². The molecule has 0 spiro atoms. The second-order valence-electron chi connectivity index (χ2n) is 6.11. The van der Waals surface area contributed by atoms with Gasteiger partial charge in [-0.05, 0) is 38.5 Å². The summed E-state index contributed by atoms with van der Waals surface area (Å²) in [4.78, 5) is 3.34. The van der Waals surface area contributed by atoms with E-state index in [0.29, 0.717) is 18.9 Å². The fourth-order valence-electron chi connectivity index (χ4n) is 2.69. The number of hydrogen-bond acceptors (Lipinski definition) is 5. The van der Waals surface area contributed by atoms with E-state index in [1.807, 2.05) is 0 Å². The van der Waals surface area contributed by atoms with Crippen LogP contribution in [0.3, 0.4) is 0 Å². The lowest BCUT2D eigenvalue weighted by atomic mass is 9.99. The summed E-state index contributed by atoms with van der Waals surface area (Å²) < 4.78 is 46.8. The first kappa shape index (κ1) is 17.7. The number of ether oxygens (including phenoxy) is 2. The van der Waals surface area contributed by atoms with Gasteiger partial charge in [0.25, 0.3) is 0 Å². The lowest BCUT2D eigenvalue weighted by Gasteiger charge is -2.29. The fraction of sp³-hybridized carbons (Fsp3) is 0.941. The molecule has 2 fully saturated rings. The first-order valence-electron chi connectivity index (χ1n) is 10.4. The van der Waals surface area contributed by atoms with Crippen LogP contribution in [0.25, 0.3) is 4.85 Å². The van der Waals surface area contributed by atoms with Crippen molar-refractivity contribution in [3.8, 4) is 0 Å². The molecule has 0 aromatic carbocycles. The number of halogens is 1. The van der Waals surface area contributed by atoms with E-state index in [0.717, 1.165) is 24.6 Å². The zero-order valence-corrected chi connectivity index (χ0v) is 17.8. The molecule has 2 saturated heterocycles. The van der Waals surface area contributed by atoms with Crippen molar-refractivity contribution in [3.05, 3.63) is 11.4 Å². The first-order chi connectivity index (χ1) is 13.5. The maximum Gasteiger partial charge on any atom is 0.239 e. The lowest BCUT2D eigenvalue weighted by molar-refractivity contribution is 0.0671. The van der Waals surface area contributed by atoms with Gasteiger partial charge in [-0.15, -0.1) is 0 Å². The van der Waals surface area contributed by atoms with Crippen LogP contribution in [0.4, 0.5) is 0 Å². The Kier molecular flexibility index (Phi) is 8.57. The van der Waals surface area contributed by atoms with Gasteiger partial charge in [0.05, 0.1) is 21.1 Å². The molecule has 2 aliphatic rings. The molecule has 8 heteroatoms. The SMILES string of the molecule is [2H]C[C@H]1O[C@H]([3H])C[C@@H]1OP(OCC[N+]#[C-])S[C@H](CCCBr)[C@H]1O[C@H]([3H])C[C@@H]1C. The molecule has 0 bridgehead atoms. The molecule has 2 rings (SSSR count). The third kappa shape index (κ3) is 7.25. The van der Waals surface area contributed by atoms with E-state index >= 15 is 0 Å². The number of nitrogens with zero attached hydrogens (tertiary/aromatic N) is 1. The van der Waals surface area contributed by atoms with Crippen LogP contribution in [-0.4, -0.2) is 55.2 Å². The Morgan fingerprint density at radius 2 is 2.36 bits per heavy atom. The van der Waals surface area contributed by atoms with Crippen molar-refractivity contribution in [2.75, 3.05) is 31.6 Å². The molecule has 0 radical (unpaired) electrons. The highest BCUT2D eigenvalue weighted by Gasteiger charge is 2.36. The topological polar surface area (TPSA) is 41.3 Å². The van der Waals surface area contributed by atoms with Crippen LogP contribution in [-0.2, 0) is 18.5 Å². The average molecular weight is 459 g/mol. The summed E-state index contributed by atoms with van der Waals surface area (Å²) in [5, 5.41) is 1.02. The van der Waals surface area contributed by atoms with Crippen molar-refractivity contribution in [3.63, 3.8) is 0 Å². The van der Waals surface area contributed by atoms with Crippen molar-refractivity contribution in [2.24, 2.45) is 5.92 Å². The first-order valence-corrected chi connectivity index (χ1v) is 12.4. The predicted octanol–water partition coefficient (Wildman–Crippen LogP) is 5.05. The molecule has 25 heavy (non-hydrogen) atoms. The number of alkyl halides is 1. The molecular formula is C17H29BrNO4PS. The Bertz CT molecular complexity index is 510. The minimum Gasteiger partial charge on any atom is -0.377 e. The summed E-state index contributed by atoms with van der Waals surface area (Å²) in [7, 11) is -1.37. The highest BCUT2D eigenvalue weighted by Crippen LogP contribution is 2.58. The van der Waals surface area contributed by atoms with Crippen LogP contribution in [0.2, 0.25) is 0 Å². The van der Waals surface area contributed by atoms with Gasteiger partial charge in [0.15, 0.2) is 0 Å². The van der Waals surface area contributed by atoms with E-state index < -0.39 is 26.8 Å². The Hall–Kier alpha value is 0.590. The molecule has 0 amide bonds. The third-order valence-electron chi connectivity index (χ3n) is 4.13. The van der Waals surface area contributed by atoms with Gasteiger partial charge in [0.1, 0.15) is 6.61 Å². The molecule has 0 N–H and O–H groups in total. The van der Waals surface area contributed by atoms with Crippen molar-refractivity contribution in [2.45, 2.75) is 63.1 Å². The summed E-state index contributed by atoms with van der Waals surface area (Å²) in [5.41, 5.74) is 0. The van der Waals surface area contributed by atoms with E-state index in [9.17, 15) is 0 Å². The quantitative estimate of drug-likeness (QED) is 0.187. The summed E-state index contributed by atoms with van der Waals surface area (Å²) in [6, 6.07) is 0. The molecule has 0 aromatic heterocycles. The van der Waals surface area contributed by atoms with Crippen LogP contribution < -0.4 is 0 Å². The highest BCUT2D eigenvalue weighted by atomic mass is 79.9. The minimum atomic E-state index is -1.37. The molecule has 2 heterocycles. The Morgan fingerprint density at radius 3 is 3.04 bits per heavy atom. The summed E-state index contributed by atoms with van der Waals surface area (Å²) in [6.07, 6.45) is 2.26. The van der Waals surface area contributed by atoms with Crippen molar-refractivity contribution in [1.29, 1.82) is 0 Å². The average Bonchev–Trinajstić information content (AvgIpc) is 3.19. The van der Waals surface area contributed by atoms with Gasteiger partial charge in [-0.3, -0.25) is 0 Å². The smallest absolute Gasteiger partial charge is 0.239 e.